The number of halogens is 1. The number of ether oxygens (including phenoxy) is 1. The number of hydrogen-bond acceptors (Lipinski definition) is 4. The lowest BCUT2D eigenvalue weighted by Crippen LogP contribution is -2.48. The molecule has 0 fully saturated rings. The molecular weight excluding hydrogens is 323 g/mol. The Kier molecular flexibility index (Phi) is 5.95. The number of nitrogens with zero attached hydrogens (tertiary/aromatic N) is 2. The Morgan fingerprint density at radius 3 is 2.64 bits per heavy atom. The Hall–Kier alpha value is -1.79. The molecule has 1 aliphatic heterocycles. The van der Waals surface area contributed by atoms with E-state index in [1.54, 1.807) is 23.6 Å². The summed E-state index contributed by atoms with van der Waals surface area (Å²) >= 11 is 0. The van der Waals surface area contributed by atoms with Gasteiger partial charge < -0.3 is 9.84 Å². The standard InChI is InChI=1S/C19H28FN2O3/c1-13-6-7-15(10-16(13)20)17(23)12-21-8-9-22(14(2)11-21)18(24)25-19(3,4)5/h6-7,10,17,23H,8-9,11-12H2,1-5H3/q+1. The van der Waals surface area contributed by atoms with Gasteiger partial charge in [0.05, 0.1) is 19.2 Å². The Morgan fingerprint density at radius 1 is 1.40 bits per heavy atom. The zero-order chi connectivity index (χ0) is 18.8. The molecule has 1 N–H and O–H groups in total. The molecule has 0 aliphatic carbocycles. The number of benzene rings is 1. The number of aliphatic hydroxyl groups is 1. The number of carbonyl (C=O) groups excluding carboxylic acids is 1. The average Bonchev–Trinajstić information content (AvgIpc) is 2.48. The van der Waals surface area contributed by atoms with Crippen LogP contribution in [0, 0.1) is 12.7 Å². The predicted octanol–water partition coefficient (Wildman–Crippen LogP) is 2.89. The predicted molar refractivity (Wildman–Crippen MR) is 94.6 cm³/mol. The van der Waals surface area contributed by atoms with E-state index in [2.05, 4.69) is 4.90 Å². The van der Waals surface area contributed by atoms with E-state index in [9.17, 15) is 14.3 Å². The van der Waals surface area contributed by atoms with E-state index in [1.165, 1.54) is 6.07 Å². The van der Waals surface area contributed by atoms with Crippen molar-refractivity contribution in [1.29, 1.82) is 0 Å². The highest BCUT2D eigenvalue weighted by atomic mass is 19.1. The monoisotopic (exact) mass is 351 g/mol. The quantitative estimate of drug-likeness (QED) is 0.851. The smallest absolute Gasteiger partial charge is 0.406 e. The fourth-order valence-corrected chi connectivity index (χ4v) is 2.81. The molecule has 1 heterocycles. The molecule has 0 radical (unpaired) electrons. The average molecular weight is 351 g/mol. The van der Waals surface area contributed by atoms with Gasteiger partial charge in [-0.3, -0.25) is 4.90 Å². The van der Waals surface area contributed by atoms with Gasteiger partial charge >= 0.3 is 6.09 Å². The van der Waals surface area contributed by atoms with Gasteiger partial charge in [0.15, 0.2) is 12.3 Å². The largest absolute Gasteiger partial charge is 0.596 e. The van der Waals surface area contributed by atoms with Crippen molar-refractivity contribution in [2.75, 3.05) is 26.2 Å². The fourth-order valence-electron chi connectivity index (χ4n) is 2.81. The summed E-state index contributed by atoms with van der Waals surface area (Å²) in [4.78, 5) is 14.3. The lowest BCUT2D eigenvalue weighted by atomic mass is 10.1. The van der Waals surface area contributed by atoms with Gasteiger partial charge in [0, 0.05) is 13.5 Å². The van der Waals surface area contributed by atoms with E-state index in [0.717, 1.165) is 5.71 Å². The minimum atomic E-state index is -0.768. The Labute approximate surface area is 148 Å². The molecule has 1 aromatic carbocycles. The van der Waals surface area contributed by atoms with E-state index in [-0.39, 0.29) is 11.9 Å². The zero-order valence-corrected chi connectivity index (χ0v) is 15.7. The van der Waals surface area contributed by atoms with Crippen LogP contribution in [0.4, 0.5) is 9.18 Å². The molecule has 1 atom stereocenters. The lowest BCUT2D eigenvalue weighted by molar-refractivity contribution is -0.458. The van der Waals surface area contributed by atoms with E-state index in [0.29, 0.717) is 37.3 Å². The van der Waals surface area contributed by atoms with E-state index in [1.807, 2.05) is 27.7 Å². The zero-order valence-electron chi connectivity index (χ0n) is 15.7. The van der Waals surface area contributed by atoms with Crippen molar-refractivity contribution in [2.24, 2.45) is 0 Å². The Balaban J connectivity index is 2.00. The number of amides is 1. The number of hydrogen-bond donors (Lipinski definition) is 1. The van der Waals surface area contributed by atoms with E-state index < -0.39 is 11.7 Å². The van der Waals surface area contributed by atoms with Gasteiger partial charge in [0.1, 0.15) is 11.4 Å². The molecule has 0 saturated carbocycles. The second kappa shape index (κ2) is 7.62. The summed E-state index contributed by atoms with van der Waals surface area (Å²) in [7, 11) is 0. The summed E-state index contributed by atoms with van der Waals surface area (Å²) in [5, 5.41) is 10.4. The molecule has 1 unspecified atom stereocenters. The molecule has 1 amide bonds. The highest BCUT2D eigenvalue weighted by Gasteiger charge is 2.33. The van der Waals surface area contributed by atoms with Crippen molar-refractivity contribution in [2.45, 2.75) is 46.3 Å². The summed E-state index contributed by atoms with van der Waals surface area (Å²) in [5.74, 6) is -0.311. The Morgan fingerprint density at radius 2 is 2.08 bits per heavy atom. The molecule has 0 aromatic heterocycles. The van der Waals surface area contributed by atoms with E-state index >= 15 is 0 Å². The maximum Gasteiger partial charge on any atom is 0.596 e. The van der Waals surface area contributed by atoms with E-state index in [4.69, 9.17) is 4.74 Å². The van der Waals surface area contributed by atoms with Crippen molar-refractivity contribution in [1.82, 2.24) is 4.90 Å². The van der Waals surface area contributed by atoms with Crippen LogP contribution in [0.3, 0.4) is 0 Å². The number of β-amino-alcohol motifs (C(OH)–C–C–N with tert-alkyl or cyclic N) is 1. The van der Waals surface area contributed by atoms with Crippen molar-refractivity contribution >= 4 is 11.8 Å². The maximum atomic E-state index is 13.7. The number of aliphatic hydroxyl groups excluding tert-OH is 1. The van der Waals surface area contributed by atoms with Crippen LogP contribution in [0.1, 0.15) is 44.9 Å². The highest BCUT2D eigenvalue weighted by molar-refractivity contribution is 5.83. The van der Waals surface area contributed by atoms with Crippen LogP contribution >= 0.6 is 0 Å². The van der Waals surface area contributed by atoms with Crippen molar-refractivity contribution in [3.8, 4) is 0 Å². The van der Waals surface area contributed by atoms with Gasteiger partial charge in [-0.2, -0.15) is 4.79 Å². The van der Waals surface area contributed by atoms with Crippen LogP contribution in [0.25, 0.3) is 0 Å². The van der Waals surface area contributed by atoms with Gasteiger partial charge in [-0.15, -0.1) is 4.58 Å². The molecular formula is C19H28FN2O3+. The molecule has 0 bridgehead atoms. The number of rotatable bonds is 3. The maximum absolute atomic E-state index is 13.7. The van der Waals surface area contributed by atoms with Gasteiger partial charge in [0.2, 0.25) is 0 Å². The van der Waals surface area contributed by atoms with Crippen molar-refractivity contribution in [3.05, 3.63) is 35.1 Å². The van der Waals surface area contributed by atoms with Gasteiger partial charge in [-0.05, 0) is 44.9 Å². The van der Waals surface area contributed by atoms with Gasteiger partial charge in [-0.1, -0.05) is 12.1 Å². The highest BCUT2D eigenvalue weighted by Crippen LogP contribution is 2.18. The fraction of sp³-hybridized carbons (Fsp3) is 0.579. The molecule has 5 nitrogen and oxygen atoms in total. The van der Waals surface area contributed by atoms with Crippen LogP contribution in [-0.4, -0.2) is 58.2 Å². The van der Waals surface area contributed by atoms with Crippen LogP contribution in [0.5, 0.6) is 0 Å². The lowest BCUT2D eigenvalue weighted by Gasteiger charge is -2.27. The van der Waals surface area contributed by atoms with Crippen molar-refractivity contribution in [3.63, 3.8) is 0 Å². The topological polar surface area (TPSA) is 52.8 Å². The summed E-state index contributed by atoms with van der Waals surface area (Å²) in [6.45, 7) is 11.2. The van der Waals surface area contributed by atoms with Crippen LogP contribution in [0.2, 0.25) is 0 Å². The minimum Gasteiger partial charge on any atom is -0.406 e. The summed E-state index contributed by atoms with van der Waals surface area (Å²) in [5.41, 5.74) is 1.48. The molecule has 138 valence electrons. The first-order chi connectivity index (χ1) is 11.6. The third-order valence-electron chi connectivity index (χ3n) is 4.18. The molecule has 1 aliphatic rings. The second-order valence-electron chi connectivity index (χ2n) is 7.63. The minimum absolute atomic E-state index is 0.311. The van der Waals surface area contributed by atoms with Crippen LogP contribution in [-0.2, 0) is 4.74 Å². The summed E-state index contributed by atoms with van der Waals surface area (Å²) in [6.07, 6.45) is -1.11. The third-order valence-corrected chi connectivity index (χ3v) is 4.18. The van der Waals surface area contributed by atoms with Gasteiger partial charge in [-0.25, -0.2) is 4.39 Å². The SMILES string of the molecule is CC1=[N+](C(=O)OC(C)(C)C)CCN(CC(O)c2ccc(C)c(F)c2)C1. The van der Waals surface area contributed by atoms with Crippen LogP contribution < -0.4 is 0 Å². The molecule has 6 heteroatoms. The molecule has 1 aromatic rings. The molecule has 0 saturated heterocycles. The first-order valence-corrected chi connectivity index (χ1v) is 8.56. The second-order valence-corrected chi connectivity index (χ2v) is 7.63. The summed E-state index contributed by atoms with van der Waals surface area (Å²) in [6, 6.07) is 4.80. The van der Waals surface area contributed by atoms with Crippen molar-refractivity contribution < 1.29 is 23.6 Å². The molecule has 25 heavy (non-hydrogen) atoms. The van der Waals surface area contributed by atoms with Crippen LogP contribution in [0.15, 0.2) is 18.2 Å². The first-order valence-electron chi connectivity index (χ1n) is 8.56. The number of carbonyl (C=O) groups is 1. The Bertz CT molecular complexity index is 680. The normalized spacial score (nSPS) is 17.6. The summed E-state index contributed by atoms with van der Waals surface area (Å²) < 4.78 is 20.7. The first kappa shape index (κ1) is 19.5. The molecule has 2 rings (SSSR count). The third kappa shape index (κ3) is 5.34. The van der Waals surface area contributed by atoms with Gasteiger partial charge in [0.25, 0.3) is 0 Å². The number of aryl methyl sites for hydroxylation is 1. The molecule has 0 spiro atoms.